The predicted octanol–water partition coefficient (Wildman–Crippen LogP) is 4.64. The van der Waals surface area contributed by atoms with Crippen LogP contribution < -0.4 is 0 Å². The van der Waals surface area contributed by atoms with Crippen LogP contribution in [0.4, 0.5) is 0 Å². The standard InChI is InChI=1S/C13H26/c1-4-7-12-8-5-6-9-13(12)10-11(2)3/h11-13H,4-10H2,1-3H3. The first-order valence-corrected chi connectivity index (χ1v) is 6.24. The van der Waals surface area contributed by atoms with Gasteiger partial charge in [0.05, 0.1) is 0 Å². The molecule has 78 valence electrons. The zero-order valence-corrected chi connectivity index (χ0v) is 9.68. The second-order valence-corrected chi connectivity index (χ2v) is 5.22. The maximum Gasteiger partial charge on any atom is -0.0383 e. The van der Waals surface area contributed by atoms with Crippen molar-refractivity contribution >= 4 is 0 Å². The molecule has 1 fully saturated rings. The summed E-state index contributed by atoms with van der Waals surface area (Å²) in [4.78, 5) is 0. The number of rotatable bonds is 4. The molecule has 1 aliphatic rings. The quantitative estimate of drug-likeness (QED) is 0.594. The van der Waals surface area contributed by atoms with Crippen LogP contribution in [-0.4, -0.2) is 0 Å². The highest BCUT2D eigenvalue weighted by Crippen LogP contribution is 2.36. The molecule has 0 amide bonds. The van der Waals surface area contributed by atoms with Crippen molar-refractivity contribution in [2.75, 3.05) is 0 Å². The third-order valence-corrected chi connectivity index (χ3v) is 3.50. The van der Waals surface area contributed by atoms with E-state index in [9.17, 15) is 0 Å². The Bertz CT molecular complexity index is 124. The van der Waals surface area contributed by atoms with Gasteiger partial charge in [-0.15, -0.1) is 0 Å². The number of hydrogen-bond donors (Lipinski definition) is 0. The molecular formula is C13H26. The summed E-state index contributed by atoms with van der Waals surface area (Å²) in [5.74, 6) is 3.04. The monoisotopic (exact) mass is 182 g/mol. The first-order chi connectivity index (χ1) is 6.24. The smallest absolute Gasteiger partial charge is 0.0383 e. The molecule has 0 heteroatoms. The van der Waals surface area contributed by atoms with E-state index in [0.29, 0.717) is 0 Å². The molecule has 0 radical (unpaired) electrons. The van der Waals surface area contributed by atoms with Crippen LogP contribution in [0, 0.1) is 17.8 Å². The summed E-state index contributed by atoms with van der Waals surface area (Å²) in [5.41, 5.74) is 0. The molecule has 0 aromatic rings. The van der Waals surface area contributed by atoms with Crippen LogP contribution >= 0.6 is 0 Å². The summed E-state index contributed by atoms with van der Waals surface area (Å²) in [6.07, 6.45) is 10.4. The van der Waals surface area contributed by atoms with Gasteiger partial charge in [0.25, 0.3) is 0 Å². The summed E-state index contributed by atoms with van der Waals surface area (Å²) in [7, 11) is 0. The molecule has 0 spiro atoms. The van der Waals surface area contributed by atoms with Crippen molar-refractivity contribution in [1.82, 2.24) is 0 Å². The van der Waals surface area contributed by atoms with Crippen molar-refractivity contribution in [2.45, 2.75) is 65.7 Å². The molecule has 0 N–H and O–H groups in total. The largest absolute Gasteiger partial charge is 0.0654 e. The lowest BCUT2D eigenvalue weighted by Gasteiger charge is -2.32. The van der Waals surface area contributed by atoms with Crippen LogP contribution in [0.25, 0.3) is 0 Å². The van der Waals surface area contributed by atoms with Crippen LogP contribution in [-0.2, 0) is 0 Å². The van der Waals surface area contributed by atoms with Gasteiger partial charge in [-0.1, -0.05) is 59.3 Å². The lowest BCUT2D eigenvalue weighted by molar-refractivity contribution is 0.192. The van der Waals surface area contributed by atoms with Gasteiger partial charge in [0.1, 0.15) is 0 Å². The van der Waals surface area contributed by atoms with Gasteiger partial charge in [0, 0.05) is 0 Å². The zero-order chi connectivity index (χ0) is 9.68. The van der Waals surface area contributed by atoms with E-state index < -0.39 is 0 Å². The van der Waals surface area contributed by atoms with Crippen molar-refractivity contribution in [3.05, 3.63) is 0 Å². The topological polar surface area (TPSA) is 0 Å². The maximum absolute atomic E-state index is 2.37. The lowest BCUT2D eigenvalue weighted by Crippen LogP contribution is -2.20. The Balaban J connectivity index is 2.36. The Morgan fingerprint density at radius 1 is 1.08 bits per heavy atom. The van der Waals surface area contributed by atoms with E-state index in [-0.39, 0.29) is 0 Å². The van der Waals surface area contributed by atoms with E-state index in [2.05, 4.69) is 20.8 Å². The molecule has 0 aromatic heterocycles. The van der Waals surface area contributed by atoms with Gasteiger partial charge < -0.3 is 0 Å². The maximum atomic E-state index is 2.37. The molecule has 0 bridgehead atoms. The fourth-order valence-electron chi connectivity index (χ4n) is 2.95. The van der Waals surface area contributed by atoms with Crippen molar-refractivity contribution in [3.8, 4) is 0 Å². The van der Waals surface area contributed by atoms with E-state index in [1.165, 1.54) is 44.9 Å². The lowest BCUT2D eigenvalue weighted by atomic mass is 9.73. The van der Waals surface area contributed by atoms with Gasteiger partial charge in [-0.3, -0.25) is 0 Å². The van der Waals surface area contributed by atoms with Crippen LogP contribution in [0.1, 0.15) is 65.7 Å². The highest BCUT2D eigenvalue weighted by Gasteiger charge is 2.24. The summed E-state index contributed by atoms with van der Waals surface area (Å²) in [6, 6.07) is 0. The minimum absolute atomic E-state index is 0.905. The fourth-order valence-corrected chi connectivity index (χ4v) is 2.95. The van der Waals surface area contributed by atoms with Crippen LogP contribution in [0.3, 0.4) is 0 Å². The molecule has 0 saturated heterocycles. The van der Waals surface area contributed by atoms with Crippen molar-refractivity contribution in [1.29, 1.82) is 0 Å². The molecule has 1 rings (SSSR count). The Morgan fingerprint density at radius 2 is 1.69 bits per heavy atom. The van der Waals surface area contributed by atoms with Gasteiger partial charge >= 0.3 is 0 Å². The zero-order valence-electron chi connectivity index (χ0n) is 9.68. The Kier molecular flexibility index (Phi) is 4.83. The van der Waals surface area contributed by atoms with Gasteiger partial charge in [-0.05, 0) is 24.2 Å². The summed E-state index contributed by atoms with van der Waals surface area (Å²) in [5, 5.41) is 0. The van der Waals surface area contributed by atoms with Crippen molar-refractivity contribution < 1.29 is 0 Å². The van der Waals surface area contributed by atoms with Crippen molar-refractivity contribution in [3.63, 3.8) is 0 Å². The van der Waals surface area contributed by atoms with Crippen molar-refractivity contribution in [2.24, 2.45) is 17.8 Å². The molecule has 2 unspecified atom stereocenters. The molecule has 0 aliphatic heterocycles. The molecule has 1 saturated carbocycles. The molecule has 2 atom stereocenters. The van der Waals surface area contributed by atoms with Crippen LogP contribution in [0.15, 0.2) is 0 Å². The third-order valence-electron chi connectivity index (χ3n) is 3.50. The van der Waals surface area contributed by atoms with E-state index in [0.717, 1.165) is 17.8 Å². The average molecular weight is 182 g/mol. The van der Waals surface area contributed by atoms with E-state index in [1.54, 1.807) is 0 Å². The van der Waals surface area contributed by atoms with E-state index >= 15 is 0 Å². The van der Waals surface area contributed by atoms with Crippen LogP contribution in [0.5, 0.6) is 0 Å². The second kappa shape index (κ2) is 5.67. The Morgan fingerprint density at radius 3 is 2.23 bits per heavy atom. The second-order valence-electron chi connectivity index (χ2n) is 5.22. The SMILES string of the molecule is CCCC1CCCCC1CC(C)C. The fraction of sp³-hybridized carbons (Fsp3) is 1.00. The minimum Gasteiger partial charge on any atom is -0.0654 e. The Hall–Kier alpha value is 0. The minimum atomic E-state index is 0.905. The normalized spacial score (nSPS) is 29.5. The highest BCUT2D eigenvalue weighted by atomic mass is 14.3. The molecule has 0 heterocycles. The summed E-state index contributed by atoms with van der Waals surface area (Å²) in [6.45, 7) is 7.08. The molecular weight excluding hydrogens is 156 g/mol. The van der Waals surface area contributed by atoms with Gasteiger partial charge in [0.15, 0.2) is 0 Å². The third kappa shape index (κ3) is 3.70. The average Bonchev–Trinajstić information content (AvgIpc) is 2.08. The van der Waals surface area contributed by atoms with E-state index in [1.807, 2.05) is 0 Å². The molecule has 0 aromatic carbocycles. The molecule has 1 aliphatic carbocycles. The summed E-state index contributed by atoms with van der Waals surface area (Å²) >= 11 is 0. The predicted molar refractivity (Wildman–Crippen MR) is 59.8 cm³/mol. The summed E-state index contributed by atoms with van der Waals surface area (Å²) < 4.78 is 0. The Labute approximate surface area is 84.1 Å². The van der Waals surface area contributed by atoms with Crippen LogP contribution in [0.2, 0.25) is 0 Å². The molecule has 13 heavy (non-hydrogen) atoms. The van der Waals surface area contributed by atoms with E-state index in [4.69, 9.17) is 0 Å². The van der Waals surface area contributed by atoms with Gasteiger partial charge in [0.2, 0.25) is 0 Å². The number of hydrogen-bond acceptors (Lipinski definition) is 0. The first kappa shape index (κ1) is 11.1. The van der Waals surface area contributed by atoms with Gasteiger partial charge in [-0.2, -0.15) is 0 Å². The van der Waals surface area contributed by atoms with Gasteiger partial charge in [-0.25, -0.2) is 0 Å². The molecule has 0 nitrogen and oxygen atoms in total. The highest BCUT2D eigenvalue weighted by molar-refractivity contribution is 4.75. The first-order valence-electron chi connectivity index (χ1n) is 6.24.